The molecule has 0 N–H and O–H groups in total. The van der Waals surface area contributed by atoms with Crippen molar-refractivity contribution >= 4 is 11.5 Å². The lowest BCUT2D eigenvalue weighted by Gasteiger charge is -2.33. The molecule has 0 bridgehead atoms. The van der Waals surface area contributed by atoms with Gasteiger partial charge in [-0.2, -0.15) is 0 Å². The van der Waals surface area contributed by atoms with Crippen LogP contribution in [0, 0.1) is 5.41 Å². The van der Waals surface area contributed by atoms with Gasteiger partial charge in [-0.1, -0.05) is 0 Å². The molecule has 6 heteroatoms. The molecule has 1 aromatic rings. The number of carbonyl (C=O) groups excluding carboxylic acids is 1. The van der Waals surface area contributed by atoms with Gasteiger partial charge in [0.1, 0.15) is 5.76 Å². The molecular formula is C21H25NO5. The van der Waals surface area contributed by atoms with Crippen molar-refractivity contribution in [2.75, 3.05) is 28.4 Å². The molecule has 144 valence electrons. The highest BCUT2D eigenvalue weighted by atomic mass is 16.5. The minimum Gasteiger partial charge on any atom is -0.500 e. The highest BCUT2D eigenvalue weighted by Gasteiger charge is 2.52. The number of ether oxygens (including phenoxy) is 4. The Bertz CT molecular complexity index is 865. The summed E-state index contributed by atoms with van der Waals surface area (Å²) in [5.41, 5.74) is 0.665. The molecule has 1 spiro atoms. The van der Waals surface area contributed by atoms with E-state index in [1.165, 1.54) is 13.2 Å². The highest BCUT2D eigenvalue weighted by Crippen LogP contribution is 2.50. The van der Waals surface area contributed by atoms with Crippen LogP contribution in [-0.4, -0.2) is 45.5 Å². The zero-order chi connectivity index (χ0) is 19.8. The Morgan fingerprint density at radius 2 is 1.67 bits per heavy atom. The van der Waals surface area contributed by atoms with Gasteiger partial charge in [-0.05, 0) is 44.5 Å². The van der Waals surface area contributed by atoms with E-state index in [0.717, 1.165) is 11.3 Å². The van der Waals surface area contributed by atoms with Crippen molar-refractivity contribution in [3.05, 3.63) is 47.4 Å². The lowest BCUT2D eigenvalue weighted by molar-refractivity contribution is -0.114. The van der Waals surface area contributed by atoms with E-state index in [-0.39, 0.29) is 11.3 Å². The highest BCUT2D eigenvalue weighted by molar-refractivity contribution is 6.14. The Hall–Kier alpha value is -2.76. The van der Waals surface area contributed by atoms with Crippen LogP contribution in [0.4, 0.5) is 0 Å². The van der Waals surface area contributed by atoms with Crippen LogP contribution in [-0.2, 0) is 14.3 Å². The Labute approximate surface area is 159 Å². The van der Waals surface area contributed by atoms with Gasteiger partial charge in [-0.25, -0.2) is 0 Å². The predicted octanol–water partition coefficient (Wildman–Crippen LogP) is 3.30. The van der Waals surface area contributed by atoms with E-state index in [1.807, 2.05) is 24.3 Å². The van der Waals surface area contributed by atoms with Crippen molar-refractivity contribution in [1.29, 1.82) is 0 Å². The summed E-state index contributed by atoms with van der Waals surface area (Å²) in [6.45, 7) is 4.12. The minimum absolute atomic E-state index is 0.212. The molecule has 0 unspecified atom stereocenters. The molecule has 0 aromatic heterocycles. The summed E-state index contributed by atoms with van der Waals surface area (Å²) in [7, 11) is 6.27. The van der Waals surface area contributed by atoms with Crippen molar-refractivity contribution in [2.45, 2.75) is 25.8 Å². The number of hydrogen-bond acceptors (Lipinski definition) is 6. The first-order valence-corrected chi connectivity index (χ1v) is 8.70. The third-order valence-electron chi connectivity index (χ3n) is 4.97. The Morgan fingerprint density at radius 1 is 0.963 bits per heavy atom. The van der Waals surface area contributed by atoms with Crippen LogP contribution in [0.5, 0.6) is 11.5 Å². The summed E-state index contributed by atoms with van der Waals surface area (Å²) >= 11 is 0. The van der Waals surface area contributed by atoms with Gasteiger partial charge in [0.25, 0.3) is 0 Å². The van der Waals surface area contributed by atoms with Crippen LogP contribution in [0.1, 0.15) is 25.8 Å². The molecule has 0 radical (unpaired) electrons. The monoisotopic (exact) mass is 371 g/mol. The van der Waals surface area contributed by atoms with Crippen molar-refractivity contribution < 1.29 is 23.7 Å². The molecule has 1 aliphatic heterocycles. The fourth-order valence-electron chi connectivity index (χ4n) is 3.92. The van der Waals surface area contributed by atoms with Crippen LogP contribution in [0.3, 0.4) is 0 Å². The topological polar surface area (TPSA) is 66.3 Å². The second-order valence-corrected chi connectivity index (χ2v) is 7.28. The number of nitrogens with zero attached hydrogens (tertiary/aromatic N) is 1. The first kappa shape index (κ1) is 19.0. The number of rotatable bonds is 5. The number of allylic oxidation sites excluding steroid dienone is 2. The second kappa shape index (κ2) is 6.76. The van der Waals surface area contributed by atoms with Crippen LogP contribution >= 0.6 is 0 Å². The normalized spacial score (nSPS) is 23.5. The zero-order valence-electron chi connectivity index (χ0n) is 16.6. The van der Waals surface area contributed by atoms with Crippen LogP contribution in [0.2, 0.25) is 0 Å². The zero-order valence-corrected chi connectivity index (χ0v) is 16.6. The molecule has 2 aliphatic rings. The van der Waals surface area contributed by atoms with E-state index in [4.69, 9.17) is 23.9 Å². The van der Waals surface area contributed by atoms with E-state index in [1.54, 1.807) is 21.3 Å². The van der Waals surface area contributed by atoms with Crippen molar-refractivity contribution in [2.24, 2.45) is 10.4 Å². The molecular weight excluding hydrogens is 346 g/mol. The Balaban J connectivity index is 2.22. The summed E-state index contributed by atoms with van der Waals surface area (Å²) < 4.78 is 21.8. The summed E-state index contributed by atoms with van der Waals surface area (Å²) in [4.78, 5) is 17.3. The van der Waals surface area contributed by atoms with E-state index in [0.29, 0.717) is 29.4 Å². The molecule has 0 saturated carbocycles. The number of carbonyl (C=O) groups is 1. The first-order chi connectivity index (χ1) is 12.8. The number of aliphatic imine (C=N–C) groups is 1. The summed E-state index contributed by atoms with van der Waals surface area (Å²) in [5.74, 6) is 1.90. The van der Waals surface area contributed by atoms with Gasteiger partial charge >= 0.3 is 0 Å². The third kappa shape index (κ3) is 3.09. The van der Waals surface area contributed by atoms with Gasteiger partial charge in [0.2, 0.25) is 5.78 Å². The average Bonchev–Trinajstić information content (AvgIpc) is 2.93. The first-order valence-electron chi connectivity index (χ1n) is 8.70. The fraction of sp³-hybridized carbons (Fsp3) is 0.429. The maximum atomic E-state index is 12.3. The maximum absolute atomic E-state index is 12.3. The smallest absolute Gasteiger partial charge is 0.223 e. The van der Waals surface area contributed by atoms with Gasteiger partial charge in [0, 0.05) is 11.6 Å². The van der Waals surface area contributed by atoms with Crippen LogP contribution in [0.25, 0.3) is 0 Å². The number of benzene rings is 1. The lowest BCUT2D eigenvalue weighted by atomic mass is 9.71. The van der Waals surface area contributed by atoms with Crippen molar-refractivity contribution in [3.8, 4) is 11.5 Å². The molecule has 0 saturated heterocycles. The predicted molar refractivity (Wildman–Crippen MR) is 102 cm³/mol. The van der Waals surface area contributed by atoms with Gasteiger partial charge in [-0.3, -0.25) is 9.79 Å². The fourth-order valence-corrected chi connectivity index (χ4v) is 3.92. The van der Waals surface area contributed by atoms with E-state index in [9.17, 15) is 4.79 Å². The molecule has 1 heterocycles. The minimum atomic E-state index is -0.683. The number of methoxy groups -OCH3 is 4. The quantitative estimate of drug-likeness (QED) is 0.794. The van der Waals surface area contributed by atoms with Gasteiger partial charge < -0.3 is 18.9 Å². The molecule has 0 fully saturated rings. The van der Waals surface area contributed by atoms with Gasteiger partial charge in [-0.15, -0.1) is 0 Å². The molecule has 1 aliphatic carbocycles. The molecule has 6 nitrogen and oxygen atoms in total. The SMILES string of the molecule is COC1=C[C@]2(CC(C)(C)N=C2c2ccc(OC)c(OC)c2)C(OC)=CC1=O. The second-order valence-electron chi connectivity index (χ2n) is 7.28. The summed E-state index contributed by atoms with van der Waals surface area (Å²) in [6, 6.07) is 5.68. The van der Waals surface area contributed by atoms with E-state index >= 15 is 0 Å². The lowest BCUT2D eigenvalue weighted by Crippen LogP contribution is -2.35. The third-order valence-corrected chi connectivity index (χ3v) is 4.97. The van der Waals surface area contributed by atoms with E-state index < -0.39 is 5.41 Å². The van der Waals surface area contributed by atoms with E-state index in [2.05, 4.69) is 13.8 Å². The average molecular weight is 371 g/mol. The largest absolute Gasteiger partial charge is 0.500 e. The van der Waals surface area contributed by atoms with Crippen LogP contribution < -0.4 is 9.47 Å². The maximum Gasteiger partial charge on any atom is 0.223 e. The summed E-state index contributed by atoms with van der Waals surface area (Å²) in [6.07, 6.45) is 3.98. The van der Waals surface area contributed by atoms with Crippen molar-refractivity contribution in [3.63, 3.8) is 0 Å². The Kier molecular flexibility index (Phi) is 4.76. The number of hydrogen-bond donors (Lipinski definition) is 0. The molecule has 1 atom stereocenters. The standard InChI is InChI=1S/C21H25NO5/c1-20(2)12-21(11-17(26-5)14(23)10-18(21)27-6)19(22-20)13-7-8-15(24-3)16(9-13)25-4/h7-11H,12H2,1-6H3/t21-/m0/s1. The molecule has 1 aromatic carbocycles. The molecule has 3 rings (SSSR count). The molecule has 0 amide bonds. The van der Waals surface area contributed by atoms with Gasteiger partial charge in [0.05, 0.1) is 45.1 Å². The Morgan fingerprint density at radius 3 is 2.26 bits per heavy atom. The molecule has 27 heavy (non-hydrogen) atoms. The van der Waals surface area contributed by atoms with Crippen molar-refractivity contribution in [1.82, 2.24) is 0 Å². The number of ketones is 1. The summed E-state index contributed by atoms with van der Waals surface area (Å²) in [5, 5.41) is 0. The van der Waals surface area contributed by atoms with Crippen LogP contribution in [0.15, 0.2) is 46.9 Å². The van der Waals surface area contributed by atoms with Gasteiger partial charge in [0.15, 0.2) is 17.3 Å².